The van der Waals surface area contributed by atoms with E-state index in [1.54, 1.807) is 7.11 Å². The number of rotatable bonds is 3. The van der Waals surface area contributed by atoms with Gasteiger partial charge in [-0.2, -0.15) is 0 Å². The van der Waals surface area contributed by atoms with Crippen molar-refractivity contribution in [1.29, 1.82) is 0 Å². The second kappa shape index (κ2) is 5.04. The predicted octanol–water partition coefficient (Wildman–Crippen LogP) is 2.55. The van der Waals surface area contributed by atoms with Gasteiger partial charge in [-0.15, -0.1) is 0 Å². The fraction of sp³-hybridized carbons (Fsp3) is 0.625. The van der Waals surface area contributed by atoms with E-state index in [0.29, 0.717) is 5.41 Å². The summed E-state index contributed by atoms with van der Waals surface area (Å²) in [6, 6.07) is 6.62. The largest absolute Gasteiger partial charge is 0.497 e. The van der Waals surface area contributed by atoms with Crippen molar-refractivity contribution < 1.29 is 4.74 Å². The van der Waals surface area contributed by atoms with Crippen molar-refractivity contribution in [1.82, 2.24) is 5.32 Å². The monoisotopic (exact) mass is 260 g/mol. The first-order chi connectivity index (χ1) is 9.29. The van der Waals surface area contributed by atoms with E-state index in [9.17, 15) is 0 Å². The number of hydrogen-bond donors (Lipinski definition) is 1. The average Bonchev–Trinajstić information content (AvgIpc) is 2.74. The van der Waals surface area contributed by atoms with E-state index < -0.39 is 0 Å². The maximum atomic E-state index is 5.43. The molecular weight excluding hydrogens is 236 g/mol. The minimum Gasteiger partial charge on any atom is -0.497 e. The lowest BCUT2D eigenvalue weighted by Gasteiger charge is -2.35. The van der Waals surface area contributed by atoms with Gasteiger partial charge in [-0.25, -0.2) is 0 Å². The molecule has 0 bridgehead atoms. The van der Waals surface area contributed by atoms with E-state index in [1.807, 2.05) is 0 Å². The molecule has 3 heteroatoms. The van der Waals surface area contributed by atoms with Gasteiger partial charge in [0.1, 0.15) is 5.75 Å². The van der Waals surface area contributed by atoms with E-state index in [1.165, 1.54) is 37.1 Å². The van der Waals surface area contributed by atoms with Crippen molar-refractivity contribution in [3.63, 3.8) is 0 Å². The molecule has 2 aliphatic rings. The minimum absolute atomic E-state index is 0.351. The van der Waals surface area contributed by atoms with E-state index in [2.05, 4.69) is 35.3 Å². The molecule has 0 aromatic heterocycles. The molecule has 3 rings (SSSR count). The zero-order chi connectivity index (χ0) is 13.3. The van der Waals surface area contributed by atoms with Crippen LogP contribution >= 0.6 is 0 Å². The lowest BCUT2D eigenvalue weighted by molar-refractivity contribution is 0.324. The highest BCUT2D eigenvalue weighted by Gasteiger charge is 2.43. The summed E-state index contributed by atoms with van der Waals surface area (Å²) in [6.07, 6.45) is 3.70. The Morgan fingerprint density at radius 3 is 2.79 bits per heavy atom. The summed E-state index contributed by atoms with van der Waals surface area (Å²) in [5.74, 6) is 0.995. The van der Waals surface area contributed by atoms with Crippen LogP contribution < -0.4 is 15.0 Å². The molecule has 1 fully saturated rings. The fourth-order valence-corrected chi connectivity index (χ4v) is 3.68. The molecule has 2 heterocycles. The van der Waals surface area contributed by atoms with Gasteiger partial charge in [-0.05, 0) is 56.1 Å². The Kier molecular flexibility index (Phi) is 3.40. The molecule has 0 saturated carbocycles. The van der Waals surface area contributed by atoms with Gasteiger partial charge in [0.25, 0.3) is 0 Å². The lowest BCUT2D eigenvalue weighted by atomic mass is 9.75. The Hall–Kier alpha value is -1.22. The third-order valence-corrected chi connectivity index (χ3v) is 4.66. The van der Waals surface area contributed by atoms with Gasteiger partial charge in [-0.3, -0.25) is 0 Å². The van der Waals surface area contributed by atoms with Crippen molar-refractivity contribution in [2.45, 2.75) is 31.6 Å². The smallest absolute Gasteiger partial charge is 0.119 e. The van der Waals surface area contributed by atoms with Crippen molar-refractivity contribution in [2.24, 2.45) is 0 Å². The molecule has 1 aromatic carbocycles. The van der Waals surface area contributed by atoms with Crippen molar-refractivity contribution >= 4 is 5.69 Å². The minimum atomic E-state index is 0.351. The second-order valence-electron chi connectivity index (χ2n) is 5.83. The summed E-state index contributed by atoms with van der Waals surface area (Å²) in [4.78, 5) is 2.57. The van der Waals surface area contributed by atoms with Crippen LogP contribution in [0.2, 0.25) is 0 Å². The van der Waals surface area contributed by atoms with E-state index in [4.69, 9.17) is 4.74 Å². The molecule has 19 heavy (non-hydrogen) atoms. The average molecular weight is 260 g/mol. The maximum Gasteiger partial charge on any atom is 0.119 e. The van der Waals surface area contributed by atoms with Gasteiger partial charge >= 0.3 is 0 Å². The van der Waals surface area contributed by atoms with Crippen molar-refractivity contribution in [3.05, 3.63) is 23.8 Å². The first-order valence-electron chi connectivity index (χ1n) is 7.43. The topological polar surface area (TPSA) is 24.5 Å². The zero-order valence-electron chi connectivity index (χ0n) is 12.0. The molecule has 0 unspecified atom stereocenters. The van der Waals surface area contributed by atoms with Crippen LogP contribution in [0.25, 0.3) is 0 Å². The summed E-state index contributed by atoms with van der Waals surface area (Å²) in [6.45, 7) is 6.88. The molecule has 104 valence electrons. The van der Waals surface area contributed by atoms with Crippen LogP contribution in [0.15, 0.2) is 18.2 Å². The molecule has 1 N–H and O–H groups in total. The number of fused-ring (bicyclic) bond motifs is 2. The maximum absolute atomic E-state index is 5.43. The summed E-state index contributed by atoms with van der Waals surface area (Å²) in [5.41, 5.74) is 3.30. The number of anilines is 1. The SMILES string of the molecule is CCCN1CC2(CCNCC2)c2cc(OC)ccc21. The van der Waals surface area contributed by atoms with Gasteiger partial charge in [0, 0.05) is 24.2 Å². The number of nitrogens with zero attached hydrogens (tertiary/aromatic N) is 1. The van der Waals surface area contributed by atoms with E-state index in [-0.39, 0.29) is 0 Å². The van der Waals surface area contributed by atoms with Crippen LogP contribution in [0, 0.1) is 0 Å². The van der Waals surface area contributed by atoms with Crippen LogP contribution in [0.5, 0.6) is 5.75 Å². The molecule has 0 radical (unpaired) electrons. The molecule has 0 amide bonds. The molecule has 1 saturated heterocycles. The Labute approximate surface area is 115 Å². The van der Waals surface area contributed by atoms with Gasteiger partial charge < -0.3 is 15.0 Å². The summed E-state index contributed by atoms with van der Waals surface area (Å²) >= 11 is 0. The molecule has 0 aliphatic carbocycles. The number of benzene rings is 1. The van der Waals surface area contributed by atoms with Gasteiger partial charge in [-0.1, -0.05) is 6.92 Å². The number of piperidine rings is 1. The van der Waals surface area contributed by atoms with E-state index >= 15 is 0 Å². The van der Waals surface area contributed by atoms with Crippen LogP contribution in [0.4, 0.5) is 5.69 Å². The zero-order valence-corrected chi connectivity index (χ0v) is 12.0. The number of ether oxygens (including phenoxy) is 1. The quantitative estimate of drug-likeness (QED) is 0.904. The summed E-state index contributed by atoms with van der Waals surface area (Å²) in [7, 11) is 1.76. The van der Waals surface area contributed by atoms with E-state index in [0.717, 1.165) is 25.4 Å². The third-order valence-electron chi connectivity index (χ3n) is 4.66. The van der Waals surface area contributed by atoms with Crippen LogP contribution in [-0.4, -0.2) is 33.3 Å². The molecule has 2 aliphatic heterocycles. The Morgan fingerprint density at radius 1 is 1.32 bits per heavy atom. The molecular formula is C16H24N2O. The normalized spacial score (nSPS) is 20.6. The Balaban J connectivity index is 2.01. The lowest BCUT2D eigenvalue weighted by Crippen LogP contribution is -2.43. The highest BCUT2D eigenvalue weighted by molar-refractivity contribution is 5.65. The molecule has 0 atom stereocenters. The number of hydrogen-bond acceptors (Lipinski definition) is 3. The predicted molar refractivity (Wildman–Crippen MR) is 79.3 cm³/mol. The molecule has 1 aromatic rings. The molecule has 1 spiro atoms. The summed E-state index contributed by atoms with van der Waals surface area (Å²) in [5, 5.41) is 3.49. The van der Waals surface area contributed by atoms with Crippen LogP contribution in [0.3, 0.4) is 0 Å². The van der Waals surface area contributed by atoms with Crippen molar-refractivity contribution in [2.75, 3.05) is 38.2 Å². The fourth-order valence-electron chi connectivity index (χ4n) is 3.68. The first kappa shape index (κ1) is 12.8. The first-order valence-corrected chi connectivity index (χ1v) is 7.43. The van der Waals surface area contributed by atoms with Gasteiger partial charge in [0.15, 0.2) is 0 Å². The second-order valence-corrected chi connectivity index (χ2v) is 5.83. The molecule has 3 nitrogen and oxygen atoms in total. The van der Waals surface area contributed by atoms with Crippen LogP contribution in [0.1, 0.15) is 31.7 Å². The Morgan fingerprint density at radius 2 is 2.11 bits per heavy atom. The van der Waals surface area contributed by atoms with Gasteiger partial charge in [0.05, 0.1) is 7.11 Å². The highest BCUT2D eigenvalue weighted by atomic mass is 16.5. The van der Waals surface area contributed by atoms with Crippen LogP contribution in [-0.2, 0) is 5.41 Å². The third kappa shape index (κ3) is 2.10. The highest BCUT2D eigenvalue weighted by Crippen LogP contribution is 2.47. The summed E-state index contributed by atoms with van der Waals surface area (Å²) < 4.78 is 5.43. The number of methoxy groups -OCH3 is 1. The number of nitrogens with one attached hydrogen (secondary N) is 1. The van der Waals surface area contributed by atoms with Crippen molar-refractivity contribution in [3.8, 4) is 5.75 Å². The standard InChI is InChI=1S/C16H24N2O/c1-3-10-18-12-16(6-8-17-9-7-16)14-11-13(19-2)4-5-15(14)18/h4-5,11,17H,3,6-10,12H2,1-2H3. The Bertz CT molecular complexity index is 452. The van der Waals surface area contributed by atoms with Gasteiger partial charge in [0.2, 0.25) is 0 Å².